The number of hydrogen-bond acceptors (Lipinski definition) is 3. The summed E-state index contributed by atoms with van der Waals surface area (Å²) in [6, 6.07) is 10.6. The van der Waals surface area contributed by atoms with Crippen LogP contribution in [-0.2, 0) is 6.42 Å². The van der Waals surface area contributed by atoms with Crippen LogP contribution < -0.4 is 10.1 Å². The lowest BCUT2D eigenvalue weighted by Crippen LogP contribution is -2.42. The summed E-state index contributed by atoms with van der Waals surface area (Å²) in [6.45, 7) is 7.64. The van der Waals surface area contributed by atoms with E-state index in [1.165, 1.54) is 18.4 Å². The van der Waals surface area contributed by atoms with Crippen molar-refractivity contribution >= 4 is 0 Å². The van der Waals surface area contributed by atoms with E-state index < -0.39 is 5.54 Å². The van der Waals surface area contributed by atoms with E-state index in [1.807, 2.05) is 19.1 Å². The Hall–Kier alpha value is -1.53. The smallest absolute Gasteiger partial charge is 0.119 e. The topological polar surface area (TPSA) is 45.0 Å². The summed E-state index contributed by atoms with van der Waals surface area (Å²) >= 11 is 0. The van der Waals surface area contributed by atoms with Crippen molar-refractivity contribution in [2.24, 2.45) is 0 Å². The van der Waals surface area contributed by atoms with Crippen LogP contribution in [0.2, 0.25) is 0 Å². The van der Waals surface area contributed by atoms with Crippen LogP contribution in [0, 0.1) is 11.3 Å². The first-order valence-corrected chi connectivity index (χ1v) is 8.01. The molecule has 0 saturated carbocycles. The van der Waals surface area contributed by atoms with E-state index in [0.717, 1.165) is 25.1 Å². The molecule has 0 heterocycles. The molecular weight excluding hydrogens is 260 g/mol. The fourth-order valence-corrected chi connectivity index (χ4v) is 2.09. The minimum atomic E-state index is -0.503. The van der Waals surface area contributed by atoms with E-state index >= 15 is 0 Å². The lowest BCUT2D eigenvalue weighted by atomic mass is 10.0. The molecule has 1 aromatic carbocycles. The number of benzene rings is 1. The van der Waals surface area contributed by atoms with E-state index in [0.29, 0.717) is 13.0 Å². The van der Waals surface area contributed by atoms with Gasteiger partial charge in [0.25, 0.3) is 0 Å². The second-order valence-corrected chi connectivity index (χ2v) is 5.72. The molecule has 0 aliphatic rings. The van der Waals surface area contributed by atoms with E-state index in [2.05, 4.69) is 37.4 Å². The highest BCUT2D eigenvalue weighted by Gasteiger charge is 2.22. The minimum absolute atomic E-state index is 0.503. The van der Waals surface area contributed by atoms with Crippen LogP contribution in [0.15, 0.2) is 24.3 Å². The van der Waals surface area contributed by atoms with Crippen molar-refractivity contribution < 1.29 is 4.74 Å². The number of nitrogens with zero attached hydrogens (tertiary/aromatic N) is 1. The zero-order chi connectivity index (χ0) is 15.6. The van der Waals surface area contributed by atoms with Gasteiger partial charge in [-0.3, -0.25) is 5.32 Å². The number of hydrogen-bond donors (Lipinski definition) is 1. The molecule has 0 aliphatic carbocycles. The van der Waals surface area contributed by atoms with Crippen LogP contribution in [-0.4, -0.2) is 18.7 Å². The Balaban J connectivity index is 2.39. The predicted octanol–water partition coefficient (Wildman–Crippen LogP) is 4.08. The van der Waals surface area contributed by atoms with Crippen LogP contribution in [0.1, 0.15) is 52.0 Å². The Bertz CT molecular complexity index is 436. The zero-order valence-electron chi connectivity index (χ0n) is 13.6. The summed E-state index contributed by atoms with van der Waals surface area (Å²) in [7, 11) is 0. The zero-order valence-corrected chi connectivity index (χ0v) is 13.6. The Morgan fingerprint density at radius 3 is 2.48 bits per heavy atom. The molecule has 0 radical (unpaired) electrons. The predicted molar refractivity (Wildman–Crippen MR) is 87.5 cm³/mol. The molecule has 116 valence electrons. The number of unbranched alkanes of at least 4 members (excludes halogenated alkanes) is 1. The average molecular weight is 288 g/mol. The van der Waals surface area contributed by atoms with Gasteiger partial charge in [-0.2, -0.15) is 5.26 Å². The van der Waals surface area contributed by atoms with E-state index in [4.69, 9.17) is 4.74 Å². The maximum absolute atomic E-state index is 9.26. The highest BCUT2D eigenvalue weighted by atomic mass is 16.5. The standard InChI is InChI=1S/C18H28N2O/c1-4-6-7-16-8-10-17(11-9-16)21-14-12-18(3,15-19)20-13-5-2/h8-11,20H,4-7,12-14H2,1-3H3. The van der Waals surface area contributed by atoms with Gasteiger partial charge in [0.05, 0.1) is 12.7 Å². The van der Waals surface area contributed by atoms with Gasteiger partial charge in [-0.1, -0.05) is 32.4 Å². The second kappa shape index (κ2) is 9.41. The molecule has 3 nitrogen and oxygen atoms in total. The largest absolute Gasteiger partial charge is 0.493 e. The van der Waals surface area contributed by atoms with Gasteiger partial charge in [0, 0.05) is 6.42 Å². The van der Waals surface area contributed by atoms with Crippen molar-refractivity contribution in [2.45, 2.75) is 58.4 Å². The first kappa shape index (κ1) is 17.5. The van der Waals surface area contributed by atoms with Gasteiger partial charge in [-0.05, 0) is 50.4 Å². The summed E-state index contributed by atoms with van der Waals surface area (Å²) in [5.74, 6) is 0.881. The normalized spacial score (nSPS) is 13.4. The first-order chi connectivity index (χ1) is 10.1. The summed E-state index contributed by atoms with van der Waals surface area (Å²) in [5.41, 5.74) is 0.854. The molecule has 0 bridgehead atoms. The molecule has 0 amide bonds. The molecule has 1 rings (SSSR count). The lowest BCUT2D eigenvalue weighted by Gasteiger charge is -2.23. The van der Waals surface area contributed by atoms with E-state index in [1.54, 1.807) is 0 Å². The molecule has 1 N–H and O–H groups in total. The van der Waals surface area contributed by atoms with Crippen LogP contribution >= 0.6 is 0 Å². The Labute approximate surface area is 129 Å². The van der Waals surface area contributed by atoms with Crippen molar-refractivity contribution in [3.63, 3.8) is 0 Å². The van der Waals surface area contributed by atoms with Gasteiger partial charge in [0.15, 0.2) is 0 Å². The third kappa shape index (κ3) is 6.64. The van der Waals surface area contributed by atoms with Gasteiger partial charge in [-0.25, -0.2) is 0 Å². The van der Waals surface area contributed by atoms with Crippen molar-refractivity contribution in [1.82, 2.24) is 5.32 Å². The van der Waals surface area contributed by atoms with Crippen molar-refractivity contribution in [3.8, 4) is 11.8 Å². The average Bonchev–Trinajstić information content (AvgIpc) is 2.52. The summed E-state index contributed by atoms with van der Waals surface area (Å²) in [4.78, 5) is 0. The molecule has 0 aromatic heterocycles. The Morgan fingerprint density at radius 2 is 1.90 bits per heavy atom. The fraction of sp³-hybridized carbons (Fsp3) is 0.611. The molecule has 1 unspecified atom stereocenters. The lowest BCUT2D eigenvalue weighted by molar-refractivity contribution is 0.267. The molecule has 1 aromatic rings. The summed E-state index contributed by atoms with van der Waals surface area (Å²) in [6.07, 6.45) is 5.28. The molecule has 0 fully saturated rings. The third-order valence-electron chi connectivity index (χ3n) is 3.63. The molecule has 1 atom stereocenters. The van der Waals surface area contributed by atoms with Crippen LogP contribution in [0.25, 0.3) is 0 Å². The third-order valence-corrected chi connectivity index (χ3v) is 3.63. The van der Waals surface area contributed by atoms with E-state index in [-0.39, 0.29) is 0 Å². The highest BCUT2D eigenvalue weighted by Crippen LogP contribution is 2.16. The van der Waals surface area contributed by atoms with Crippen molar-refractivity contribution in [3.05, 3.63) is 29.8 Å². The molecule has 0 aliphatic heterocycles. The maximum Gasteiger partial charge on any atom is 0.119 e. The number of nitrogens with one attached hydrogen (secondary N) is 1. The number of nitriles is 1. The first-order valence-electron chi connectivity index (χ1n) is 8.01. The summed E-state index contributed by atoms with van der Waals surface area (Å²) < 4.78 is 5.75. The summed E-state index contributed by atoms with van der Waals surface area (Å²) in [5, 5.41) is 12.5. The Morgan fingerprint density at radius 1 is 1.19 bits per heavy atom. The van der Waals surface area contributed by atoms with Gasteiger partial charge in [0.2, 0.25) is 0 Å². The Kier molecular flexibility index (Phi) is 7.85. The monoisotopic (exact) mass is 288 g/mol. The second-order valence-electron chi connectivity index (χ2n) is 5.72. The molecule has 0 spiro atoms. The van der Waals surface area contributed by atoms with Gasteiger partial charge < -0.3 is 4.74 Å². The molecule has 0 saturated heterocycles. The van der Waals surface area contributed by atoms with Gasteiger partial charge >= 0.3 is 0 Å². The molecular formula is C18H28N2O. The van der Waals surface area contributed by atoms with Gasteiger partial charge in [-0.15, -0.1) is 0 Å². The number of rotatable bonds is 10. The molecule has 21 heavy (non-hydrogen) atoms. The highest BCUT2D eigenvalue weighted by molar-refractivity contribution is 5.27. The number of aryl methyl sites for hydroxylation is 1. The van der Waals surface area contributed by atoms with Crippen LogP contribution in [0.5, 0.6) is 5.75 Å². The fourth-order valence-electron chi connectivity index (χ4n) is 2.09. The van der Waals surface area contributed by atoms with Crippen molar-refractivity contribution in [2.75, 3.05) is 13.2 Å². The SMILES string of the molecule is CCCCc1ccc(OCCC(C)(C#N)NCCC)cc1. The van der Waals surface area contributed by atoms with E-state index in [9.17, 15) is 5.26 Å². The van der Waals surface area contributed by atoms with Crippen LogP contribution in [0.3, 0.4) is 0 Å². The minimum Gasteiger partial charge on any atom is -0.493 e. The van der Waals surface area contributed by atoms with Gasteiger partial charge in [0.1, 0.15) is 11.3 Å². The van der Waals surface area contributed by atoms with Crippen LogP contribution in [0.4, 0.5) is 0 Å². The number of ether oxygens (including phenoxy) is 1. The molecule has 3 heteroatoms. The quantitative estimate of drug-likeness (QED) is 0.705. The maximum atomic E-state index is 9.26. The van der Waals surface area contributed by atoms with Crippen molar-refractivity contribution in [1.29, 1.82) is 5.26 Å².